The van der Waals surface area contributed by atoms with E-state index >= 15 is 0 Å². The molecule has 1 aromatic heterocycles. The number of fused-ring (bicyclic) bond motifs is 4. The zero-order chi connectivity index (χ0) is 20.3. The first kappa shape index (κ1) is 17.7. The highest BCUT2D eigenvalue weighted by molar-refractivity contribution is 6.31. The van der Waals surface area contributed by atoms with Crippen LogP contribution in [0.1, 0.15) is 35.9 Å². The third-order valence-corrected chi connectivity index (χ3v) is 5.30. The zero-order valence-electron chi connectivity index (χ0n) is 15.3. The largest absolute Gasteiger partial charge is 0.326 e. The van der Waals surface area contributed by atoms with Crippen molar-refractivity contribution in [2.75, 3.05) is 5.32 Å². The second-order valence-electron chi connectivity index (χ2n) is 7.26. The van der Waals surface area contributed by atoms with Crippen LogP contribution in [0.2, 0.25) is 5.02 Å². The van der Waals surface area contributed by atoms with Crippen LogP contribution in [-0.4, -0.2) is 26.9 Å². The van der Waals surface area contributed by atoms with E-state index < -0.39 is 5.66 Å². The van der Waals surface area contributed by atoms with Crippen molar-refractivity contribution in [1.82, 2.24) is 9.55 Å². The molecular formula is C20H14ClN5O3. The number of hydrogen-bond donors (Lipinski definition) is 1. The topological polar surface area (TPSA) is 106 Å². The number of nitrogens with zero attached hydrogens (tertiary/aromatic N) is 4. The normalized spacial score (nSPS) is 15.3. The van der Waals surface area contributed by atoms with Gasteiger partial charge >= 0.3 is 0 Å². The van der Waals surface area contributed by atoms with E-state index in [9.17, 15) is 14.4 Å². The number of halogens is 1. The first-order valence-electron chi connectivity index (χ1n) is 9.00. The third-order valence-electron chi connectivity index (χ3n) is 5.07. The van der Waals surface area contributed by atoms with Gasteiger partial charge in [0.15, 0.2) is 11.5 Å². The summed E-state index contributed by atoms with van der Waals surface area (Å²) in [4.78, 5) is 42.3. The number of rotatable bonds is 4. The molecule has 5 rings (SSSR count). The van der Waals surface area contributed by atoms with Gasteiger partial charge in [-0.3, -0.25) is 19.0 Å². The SMILES string of the molecule is CC1(CCC(=O)Nc2ccc3c(c2)C(=O)c2nc4cc(Cl)ccc4c(=O)n2-3)N=N1. The molecule has 8 nitrogen and oxygen atoms in total. The maximum Gasteiger partial charge on any atom is 0.266 e. The summed E-state index contributed by atoms with van der Waals surface area (Å²) in [6.07, 6.45) is 0.796. The molecule has 2 aliphatic heterocycles. The van der Waals surface area contributed by atoms with Crippen LogP contribution in [0.4, 0.5) is 5.69 Å². The Kier molecular flexibility index (Phi) is 3.69. The van der Waals surface area contributed by atoms with Gasteiger partial charge in [0.05, 0.1) is 22.2 Å². The van der Waals surface area contributed by atoms with Gasteiger partial charge in [0, 0.05) is 23.6 Å². The number of aromatic nitrogens is 2. The van der Waals surface area contributed by atoms with E-state index in [1.165, 1.54) is 4.57 Å². The minimum atomic E-state index is -0.440. The highest BCUT2D eigenvalue weighted by Gasteiger charge is 2.34. The van der Waals surface area contributed by atoms with Crippen molar-refractivity contribution >= 4 is 39.9 Å². The summed E-state index contributed by atoms with van der Waals surface area (Å²) in [6.45, 7) is 1.85. The fraction of sp³-hybridized carbons (Fsp3) is 0.200. The standard InChI is InChI=1S/C20H14ClN5O3/c1-20(24-25-20)7-6-16(27)22-11-3-5-15-13(9-11)17(28)18-23-14-8-10(21)2-4-12(14)19(29)26(15)18/h2-5,8-9H,6-7H2,1H3,(H,22,27). The minimum absolute atomic E-state index is 0.0353. The molecule has 0 spiro atoms. The molecule has 0 fully saturated rings. The highest BCUT2D eigenvalue weighted by atomic mass is 35.5. The lowest BCUT2D eigenvalue weighted by Crippen LogP contribution is -2.21. The van der Waals surface area contributed by atoms with Crippen molar-refractivity contribution in [2.45, 2.75) is 25.4 Å². The molecule has 3 heterocycles. The van der Waals surface area contributed by atoms with E-state index in [2.05, 4.69) is 20.5 Å². The average Bonchev–Trinajstić information content (AvgIpc) is 3.37. The monoisotopic (exact) mass is 407 g/mol. The molecule has 1 N–H and O–H groups in total. The van der Waals surface area contributed by atoms with Gasteiger partial charge in [-0.2, -0.15) is 10.2 Å². The zero-order valence-corrected chi connectivity index (χ0v) is 16.0. The number of hydrogen-bond acceptors (Lipinski definition) is 6. The van der Waals surface area contributed by atoms with Crippen LogP contribution in [0.5, 0.6) is 0 Å². The second-order valence-corrected chi connectivity index (χ2v) is 7.70. The molecule has 9 heteroatoms. The van der Waals surface area contributed by atoms with Crippen molar-refractivity contribution in [3.63, 3.8) is 0 Å². The van der Waals surface area contributed by atoms with E-state index in [1.54, 1.807) is 36.4 Å². The van der Waals surface area contributed by atoms with Crippen LogP contribution in [-0.2, 0) is 4.79 Å². The van der Waals surface area contributed by atoms with Gasteiger partial charge in [0.2, 0.25) is 11.7 Å². The summed E-state index contributed by atoms with van der Waals surface area (Å²) in [6, 6.07) is 9.62. The average molecular weight is 408 g/mol. The second kappa shape index (κ2) is 6.05. The van der Waals surface area contributed by atoms with Crippen LogP contribution in [0.25, 0.3) is 16.6 Å². The van der Waals surface area contributed by atoms with Crippen molar-refractivity contribution in [3.8, 4) is 5.69 Å². The van der Waals surface area contributed by atoms with E-state index in [-0.39, 0.29) is 29.5 Å². The van der Waals surface area contributed by atoms with E-state index in [4.69, 9.17) is 11.6 Å². The molecule has 2 aromatic carbocycles. The molecule has 3 aromatic rings. The van der Waals surface area contributed by atoms with Gasteiger partial charge in [-0.15, -0.1) is 0 Å². The maximum atomic E-state index is 12.9. The number of amides is 1. The van der Waals surface area contributed by atoms with Crippen molar-refractivity contribution < 1.29 is 9.59 Å². The molecule has 0 bridgehead atoms. The minimum Gasteiger partial charge on any atom is -0.326 e. The lowest BCUT2D eigenvalue weighted by molar-refractivity contribution is -0.116. The summed E-state index contributed by atoms with van der Waals surface area (Å²) in [5.41, 5.74) is 0.826. The Morgan fingerprint density at radius 1 is 1.17 bits per heavy atom. The van der Waals surface area contributed by atoms with Gasteiger partial charge in [-0.05, 0) is 43.3 Å². The van der Waals surface area contributed by atoms with Gasteiger partial charge in [-0.1, -0.05) is 11.6 Å². The molecule has 0 radical (unpaired) electrons. The summed E-state index contributed by atoms with van der Waals surface area (Å²) in [5, 5.41) is 11.3. The van der Waals surface area contributed by atoms with Crippen LogP contribution in [0, 0.1) is 0 Å². The van der Waals surface area contributed by atoms with Crippen LogP contribution < -0.4 is 10.9 Å². The Labute approximate surface area is 169 Å². The molecule has 2 aliphatic rings. The fourth-order valence-corrected chi connectivity index (χ4v) is 3.57. The highest BCUT2D eigenvalue weighted by Crippen LogP contribution is 2.32. The number of anilines is 1. The molecule has 29 heavy (non-hydrogen) atoms. The Morgan fingerprint density at radius 2 is 1.97 bits per heavy atom. The predicted octanol–water partition coefficient (Wildman–Crippen LogP) is 3.48. The summed E-state index contributed by atoms with van der Waals surface area (Å²) in [5.74, 6) is -0.534. The Bertz CT molecular complexity index is 1320. The number of nitrogens with one attached hydrogen (secondary N) is 1. The summed E-state index contributed by atoms with van der Waals surface area (Å²) >= 11 is 5.99. The maximum absolute atomic E-state index is 12.9. The van der Waals surface area contributed by atoms with E-state index in [0.29, 0.717) is 39.3 Å². The predicted molar refractivity (Wildman–Crippen MR) is 107 cm³/mol. The fourth-order valence-electron chi connectivity index (χ4n) is 3.40. The Balaban J connectivity index is 1.48. The first-order chi connectivity index (χ1) is 13.8. The molecule has 0 saturated carbocycles. The first-order valence-corrected chi connectivity index (χ1v) is 9.38. The summed E-state index contributed by atoms with van der Waals surface area (Å²) in [7, 11) is 0. The van der Waals surface area contributed by atoms with E-state index in [1.807, 2.05) is 6.92 Å². The molecule has 144 valence electrons. The number of carbonyl (C=O) groups is 2. The lowest BCUT2D eigenvalue weighted by atomic mass is 10.1. The number of benzene rings is 2. The van der Waals surface area contributed by atoms with Gasteiger partial charge < -0.3 is 5.32 Å². The van der Waals surface area contributed by atoms with Crippen LogP contribution in [0.3, 0.4) is 0 Å². The molecule has 0 aliphatic carbocycles. The molecule has 1 amide bonds. The van der Waals surface area contributed by atoms with Crippen LogP contribution in [0.15, 0.2) is 51.4 Å². The van der Waals surface area contributed by atoms with Gasteiger partial charge in [0.1, 0.15) is 0 Å². The molecule has 0 saturated heterocycles. The van der Waals surface area contributed by atoms with Crippen molar-refractivity contribution in [1.29, 1.82) is 0 Å². The summed E-state index contributed by atoms with van der Waals surface area (Å²) < 4.78 is 1.30. The Morgan fingerprint density at radius 3 is 2.72 bits per heavy atom. The molecular weight excluding hydrogens is 394 g/mol. The van der Waals surface area contributed by atoms with Crippen molar-refractivity contribution in [3.05, 3.63) is 63.2 Å². The number of ketones is 1. The van der Waals surface area contributed by atoms with Crippen molar-refractivity contribution in [2.24, 2.45) is 10.2 Å². The van der Waals surface area contributed by atoms with Gasteiger partial charge in [0.25, 0.3) is 5.56 Å². The smallest absolute Gasteiger partial charge is 0.266 e. The molecule has 0 unspecified atom stereocenters. The lowest BCUT2D eigenvalue weighted by Gasteiger charge is -2.08. The Hall–Kier alpha value is -3.39. The van der Waals surface area contributed by atoms with E-state index in [0.717, 1.165) is 0 Å². The third kappa shape index (κ3) is 2.92. The van der Waals surface area contributed by atoms with Crippen LogP contribution >= 0.6 is 11.6 Å². The molecule has 0 atom stereocenters. The van der Waals surface area contributed by atoms with Gasteiger partial charge in [-0.25, -0.2) is 4.98 Å². The number of carbonyl (C=O) groups excluding carboxylic acids is 2. The quantitative estimate of drug-likeness (QED) is 0.558.